The van der Waals surface area contributed by atoms with Gasteiger partial charge in [0.1, 0.15) is 18.5 Å². The average molecular weight is 295 g/mol. The quantitative estimate of drug-likeness (QED) is 0.900. The second kappa shape index (κ2) is 7.41. The van der Waals surface area contributed by atoms with Gasteiger partial charge in [-0.1, -0.05) is 0 Å². The van der Waals surface area contributed by atoms with Gasteiger partial charge in [0.05, 0.1) is 12.2 Å². The van der Waals surface area contributed by atoms with Crippen LogP contribution in [0, 0.1) is 0 Å². The van der Waals surface area contributed by atoms with Gasteiger partial charge in [-0.2, -0.15) is 0 Å². The fourth-order valence-electron chi connectivity index (χ4n) is 1.74. The SMILES string of the molecule is CN1C(=O)C(O)CC1COc1cccnc1.Cl.Cl. The number of amides is 1. The Labute approximate surface area is 118 Å². The molecule has 0 aliphatic carbocycles. The molecule has 1 amide bonds. The van der Waals surface area contributed by atoms with Gasteiger partial charge in [0, 0.05) is 19.7 Å². The van der Waals surface area contributed by atoms with Crippen molar-refractivity contribution in [1.82, 2.24) is 9.88 Å². The Balaban J connectivity index is 0.00000144. The first-order chi connectivity index (χ1) is 7.68. The van der Waals surface area contributed by atoms with Gasteiger partial charge in [-0.25, -0.2) is 0 Å². The molecule has 5 nitrogen and oxygen atoms in total. The van der Waals surface area contributed by atoms with Gasteiger partial charge >= 0.3 is 0 Å². The van der Waals surface area contributed by atoms with Crippen LogP contribution in [0.3, 0.4) is 0 Å². The zero-order valence-corrected chi connectivity index (χ0v) is 11.5. The van der Waals surface area contributed by atoms with Crippen molar-refractivity contribution in [3.05, 3.63) is 24.5 Å². The van der Waals surface area contributed by atoms with E-state index in [1.807, 2.05) is 0 Å². The number of rotatable bonds is 3. The molecular weight excluding hydrogens is 279 g/mol. The number of halogens is 2. The first-order valence-corrected chi connectivity index (χ1v) is 5.16. The molecule has 2 unspecified atom stereocenters. The monoisotopic (exact) mass is 294 g/mol. The average Bonchev–Trinajstić information content (AvgIpc) is 2.56. The fourth-order valence-corrected chi connectivity index (χ4v) is 1.74. The van der Waals surface area contributed by atoms with E-state index in [0.717, 1.165) is 0 Å². The fraction of sp³-hybridized carbons (Fsp3) is 0.455. The molecule has 7 heteroatoms. The van der Waals surface area contributed by atoms with Crippen LogP contribution in [-0.4, -0.2) is 46.7 Å². The van der Waals surface area contributed by atoms with E-state index in [1.54, 1.807) is 31.6 Å². The maximum Gasteiger partial charge on any atom is 0.251 e. The number of aliphatic hydroxyl groups is 1. The lowest BCUT2D eigenvalue weighted by Crippen LogP contribution is -2.34. The molecule has 1 aliphatic rings. The number of aromatic nitrogens is 1. The predicted molar refractivity (Wildman–Crippen MR) is 71.4 cm³/mol. The van der Waals surface area contributed by atoms with Crippen molar-refractivity contribution in [2.24, 2.45) is 0 Å². The van der Waals surface area contributed by atoms with Crippen LogP contribution in [0.25, 0.3) is 0 Å². The molecule has 2 heterocycles. The lowest BCUT2D eigenvalue weighted by Gasteiger charge is -2.19. The number of likely N-dealkylation sites (tertiary alicyclic amines) is 1. The van der Waals surface area contributed by atoms with E-state index in [-0.39, 0.29) is 36.8 Å². The van der Waals surface area contributed by atoms with E-state index < -0.39 is 6.10 Å². The van der Waals surface area contributed by atoms with Gasteiger partial charge in [-0.3, -0.25) is 9.78 Å². The van der Waals surface area contributed by atoms with Gasteiger partial charge in [0.25, 0.3) is 5.91 Å². The summed E-state index contributed by atoms with van der Waals surface area (Å²) in [5, 5.41) is 9.38. The number of pyridine rings is 1. The Morgan fingerprint density at radius 1 is 1.56 bits per heavy atom. The summed E-state index contributed by atoms with van der Waals surface area (Å²) in [6, 6.07) is 3.52. The van der Waals surface area contributed by atoms with Crippen molar-refractivity contribution in [2.45, 2.75) is 18.6 Å². The van der Waals surface area contributed by atoms with E-state index in [4.69, 9.17) is 4.74 Å². The highest BCUT2D eigenvalue weighted by atomic mass is 35.5. The molecule has 0 radical (unpaired) electrons. The summed E-state index contributed by atoms with van der Waals surface area (Å²) >= 11 is 0. The molecule has 2 rings (SSSR count). The van der Waals surface area contributed by atoms with Crippen molar-refractivity contribution >= 4 is 30.7 Å². The zero-order valence-electron chi connectivity index (χ0n) is 9.85. The molecule has 0 spiro atoms. The molecule has 1 fully saturated rings. The van der Waals surface area contributed by atoms with E-state index >= 15 is 0 Å². The molecular formula is C11H16Cl2N2O3. The minimum Gasteiger partial charge on any atom is -0.490 e. The Morgan fingerprint density at radius 3 is 2.78 bits per heavy atom. The van der Waals surface area contributed by atoms with Crippen LogP contribution in [0.5, 0.6) is 5.75 Å². The molecule has 2 atom stereocenters. The van der Waals surface area contributed by atoms with Gasteiger partial charge < -0.3 is 14.7 Å². The molecule has 1 aliphatic heterocycles. The van der Waals surface area contributed by atoms with E-state index in [9.17, 15) is 9.90 Å². The van der Waals surface area contributed by atoms with Gasteiger partial charge in [-0.05, 0) is 12.1 Å². The van der Waals surface area contributed by atoms with Crippen LogP contribution in [-0.2, 0) is 4.79 Å². The highest BCUT2D eigenvalue weighted by Gasteiger charge is 2.36. The number of aliphatic hydroxyl groups excluding tert-OH is 1. The molecule has 0 bridgehead atoms. The maximum atomic E-state index is 11.3. The summed E-state index contributed by atoms with van der Waals surface area (Å²) in [7, 11) is 1.68. The van der Waals surface area contributed by atoms with Crippen LogP contribution in [0.1, 0.15) is 6.42 Å². The molecule has 1 aromatic rings. The second-order valence-corrected chi connectivity index (χ2v) is 3.85. The van der Waals surface area contributed by atoms with Gasteiger partial charge in [0.2, 0.25) is 0 Å². The number of nitrogens with zero attached hydrogens (tertiary/aromatic N) is 2. The zero-order chi connectivity index (χ0) is 11.5. The Hall–Kier alpha value is -1.04. The van der Waals surface area contributed by atoms with Crippen LogP contribution < -0.4 is 4.74 Å². The third-order valence-corrected chi connectivity index (χ3v) is 2.75. The second-order valence-electron chi connectivity index (χ2n) is 3.85. The van der Waals surface area contributed by atoms with E-state index in [2.05, 4.69) is 4.98 Å². The summed E-state index contributed by atoms with van der Waals surface area (Å²) < 4.78 is 5.49. The van der Waals surface area contributed by atoms with Crippen molar-refractivity contribution < 1.29 is 14.6 Å². The van der Waals surface area contributed by atoms with E-state index in [0.29, 0.717) is 18.8 Å². The van der Waals surface area contributed by atoms with Crippen molar-refractivity contribution in [1.29, 1.82) is 0 Å². The van der Waals surface area contributed by atoms with Crippen LogP contribution in [0.15, 0.2) is 24.5 Å². The lowest BCUT2D eigenvalue weighted by atomic mass is 10.2. The number of hydrogen-bond donors (Lipinski definition) is 1. The van der Waals surface area contributed by atoms with Crippen molar-refractivity contribution in [2.75, 3.05) is 13.7 Å². The third-order valence-electron chi connectivity index (χ3n) is 2.75. The van der Waals surface area contributed by atoms with Gasteiger partial charge in [-0.15, -0.1) is 24.8 Å². The minimum atomic E-state index is -0.882. The minimum absolute atomic E-state index is 0. The highest BCUT2D eigenvalue weighted by molar-refractivity contribution is 5.85. The first kappa shape index (κ1) is 17.0. The molecule has 1 aromatic heterocycles. The number of hydrogen-bond acceptors (Lipinski definition) is 4. The smallest absolute Gasteiger partial charge is 0.251 e. The number of ether oxygens (including phenoxy) is 1. The summed E-state index contributed by atoms with van der Waals surface area (Å²) in [4.78, 5) is 16.8. The summed E-state index contributed by atoms with van der Waals surface area (Å²) in [6.07, 6.45) is 2.83. The third kappa shape index (κ3) is 3.73. The normalized spacial score (nSPS) is 22.1. The standard InChI is InChI=1S/C11H14N2O3.2ClH/c1-13-8(5-10(14)11(13)15)7-16-9-3-2-4-12-6-9;;/h2-4,6,8,10,14H,5,7H2,1H3;2*1H. The first-order valence-electron chi connectivity index (χ1n) is 5.16. The van der Waals surface area contributed by atoms with Gasteiger partial charge in [0.15, 0.2) is 0 Å². The Kier molecular flexibility index (Phi) is 6.98. The molecule has 1 N–H and O–H groups in total. The van der Waals surface area contributed by atoms with Crippen molar-refractivity contribution in [3.8, 4) is 5.75 Å². The molecule has 0 saturated carbocycles. The number of carbonyl (C=O) groups excluding carboxylic acids is 1. The summed E-state index contributed by atoms with van der Waals surface area (Å²) in [6.45, 7) is 0.380. The van der Waals surface area contributed by atoms with Crippen molar-refractivity contribution in [3.63, 3.8) is 0 Å². The predicted octanol–water partition coefficient (Wildman–Crippen LogP) is 0.896. The lowest BCUT2D eigenvalue weighted by molar-refractivity contribution is -0.134. The number of likely N-dealkylation sites (N-methyl/N-ethyl adjacent to an activating group) is 1. The number of carbonyl (C=O) groups is 1. The maximum absolute atomic E-state index is 11.3. The van der Waals surface area contributed by atoms with Crippen LogP contribution >= 0.6 is 24.8 Å². The van der Waals surface area contributed by atoms with E-state index in [1.165, 1.54) is 4.90 Å². The van der Waals surface area contributed by atoms with Crippen LogP contribution in [0.2, 0.25) is 0 Å². The molecule has 1 saturated heterocycles. The molecule has 0 aromatic carbocycles. The Morgan fingerprint density at radius 2 is 2.28 bits per heavy atom. The van der Waals surface area contributed by atoms with Crippen LogP contribution in [0.4, 0.5) is 0 Å². The summed E-state index contributed by atoms with van der Waals surface area (Å²) in [5.74, 6) is 0.435. The summed E-state index contributed by atoms with van der Waals surface area (Å²) in [5.41, 5.74) is 0. The largest absolute Gasteiger partial charge is 0.490 e. The molecule has 18 heavy (non-hydrogen) atoms. The Bertz CT molecular complexity index is 378. The highest BCUT2D eigenvalue weighted by Crippen LogP contribution is 2.18. The molecule has 102 valence electrons. The topological polar surface area (TPSA) is 62.7 Å².